The summed E-state index contributed by atoms with van der Waals surface area (Å²) in [6.07, 6.45) is 0. The van der Waals surface area contributed by atoms with E-state index in [1.165, 1.54) is 0 Å². The van der Waals surface area contributed by atoms with Crippen LogP contribution in [0.3, 0.4) is 0 Å². The summed E-state index contributed by atoms with van der Waals surface area (Å²) in [6.45, 7) is 2.71. The first-order valence-corrected chi connectivity index (χ1v) is 8.26. The van der Waals surface area contributed by atoms with Gasteiger partial charge in [-0.3, -0.25) is 4.90 Å². The van der Waals surface area contributed by atoms with Crippen molar-refractivity contribution in [1.82, 2.24) is 15.0 Å². The van der Waals surface area contributed by atoms with Gasteiger partial charge in [0.05, 0.1) is 18.5 Å². The molecule has 120 valence electrons. The van der Waals surface area contributed by atoms with Gasteiger partial charge in [0.1, 0.15) is 5.75 Å². The third kappa shape index (κ3) is 3.43. The van der Waals surface area contributed by atoms with Crippen LogP contribution >= 0.6 is 11.3 Å². The molecule has 0 spiro atoms. The van der Waals surface area contributed by atoms with Crippen LogP contribution in [0.5, 0.6) is 5.75 Å². The van der Waals surface area contributed by atoms with Crippen molar-refractivity contribution in [1.29, 1.82) is 0 Å². The number of ether oxygens (including phenoxy) is 1. The van der Waals surface area contributed by atoms with Crippen LogP contribution in [0.4, 0.5) is 0 Å². The Morgan fingerprint density at radius 3 is 2.83 bits per heavy atom. The van der Waals surface area contributed by atoms with Crippen molar-refractivity contribution in [2.45, 2.75) is 19.5 Å². The highest BCUT2D eigenvalue weighted by atomic mass is 32.1. The van der Waals surface area contributed by atoms with Gasteiger partial charge in [0.25, 0.3) is 0 Å². The monoisotopic (exact) mass is 329 g/mol. The number of rotatable bonds is 6. The van der Waals surface area contributed by atoms with Crippen molar-refractivity contribution in [2.75, 3.05) is 14.2 Å². The average molecular weight is 329 g/mol. The lowest BCUT2D eigenvalue weighted by molar-refractivity contribution is 0.213. The van der Waals surface area contributed by atoms with Crippen LogP contribution in [0.1, 0.15) is 24.4 Å². The molecule has 0 aliphatic rings. The molecule has 6 heteroatoms. The number of para-hydroxylation sites is 1. The first kappa shape index (κ1) is 15.7. The van der Waals surface area contributed by atoms with Gasteiger partial charge in [-0.05, 0) is 31.5 Å². The third-order valence-corrected chi connectivity index (χ3v) is 4.71. The van der Waals surface area contributed by atoms with E-state index < -0.39 is 0 Å². The molecule has 0 fully saturated rings. The Morgan fingerprint density at radius 2 is 2.09 bits per heavy atom. The normalized spacial score (nSPS) is 12.5. The van der Waals surface area contributed by atoms with E-state index in [0.717, 1.165) is 16.2 Å². The van der Waals surface area contributed by atoms with Crippen LogP contribution in [0.25, 0.3) is 10.7 Å². The highest BCUT2D eigenvalue weighted by molar-refractivity contribution is 7.13. The van der Waals surface area contributed by atoms with Crippen molar-refractivity contribution >= 4 is 11.3 Å². The van der Waals surface area contributed by atoms with Crippen LogP contribution in [-0.4, -0.2) is 29.2 Å². The maximum atomic E-state index is 5.44. The van der Waals surface area contributed by atoms with E-state index in [1.807, 2.05) is 42.8 Å². The van der Waals surface area contributed by atoms with Gasteiger partial charge in [-0.2, -0.15) is 4.98 Å². The van der Waals surface area contributed by atoms with Crippen molar-refractivity contribution in [3.63, 3.8) is 0 Å². The fraction of sp³-hybridized carbons (Fsp3) is 0.294. The average Bonchev–Trinajstić information content (AvgIpc) is 3.25. The Labute approximate surface area is 139 Å². The lowest BCUT2D eigenvalue weighted by Gasteiger charge is -2.24. The van der Waals surface area contributed by atoms with E-state index in [0.29, 0.717) is 18.3 Å². The summed E-state index contributed by atoms with van der Waals surface area (Å²) in [5, 5.41) is 6.05. The first-order valence-electron chi connectivity index (χ1n) is 7.38. The van der Waals surface area contributed by atoms with E-state index in [4.69, 9.17) is 9.26 Å². The van der Waals surface area contributed by atoms with Gasteiger partial charge < -0.3 is 9.26 Å². The Morgan fingerprint density at radius 1 is 1.26 bits per heavy atom. The Bertz CT molecular complexity index is 755. The minimum absolute atomic E-state index is 0.170. The molecule has 23 heavy (non-hydrogen) atoms. The van der Waals surface area contributed by atoms with Gasteiger partial charge in [-0.15, -0.1) is 11.3 Å². The maximum Gasteiger partial charge on any atom is 0.241 e. The summed E-state index contributed by atoms with van der Waals surface area (Å²) in [4.78, 5) is 7.64. The number of methoxy groups -OCH3 is 1. The minimum Gasteiger partial charge on any atom is -0.496 e. The number of nitrogens with zero attached hydrogens (tertiary/aromatic N) is 3. The number of thiophene rings is 1. The van der Waals surface area contributed by atoms with Gasteiger partial charge in [0.2, 0.25) is 11.7 Å². The van der Waals surface area contributed by atoms with Crippen molar-refractivity contribution in [2.24, 2.45) is 0 Å². The second kappa shape index (κ2) is 6.93. The molecule has 0 aliphatic heterocycles. The van der Waals surface area contributed by atoms with Gasteiger partial charge in [-0.25, -0.2) is 0 Å². The Kier molecular flexibility index (Phi) is 4.73. The second-order valence-corrected chi connectivity index (χ2v) is 6.27. The van der Waals surface area contributed by atoms with Crippen LogP contribution < -0.4 is 4.74 Å². The van der Waals surface area contributed by atoms with E-state index in [2.05, 4.69) is 28.0 Å². The SMILES string of the molecule is COc1ccccc1C(C)N(C)Cc1nc(-c2cccs2)no1. The molecule has 0 radical (unpaired) electrons. The van der Waals surface area contributed by atoms with Crippen LogP contribution in [-0.2, 0) is 6.54 Å². The Balaban J connectivity index is 1.72. The summed E-state index contributed by atoms with van der Waals surface area (Å²) in [7, 11) is 3.73. The molecule has 5 nitrogen and oxygen atoms in total. The quantitative estimate of drug-likeness (QED) is 0.684. The summed E-state index contributed by atoms with van der Waals surface area (Å²) < 4.78 is 10.8. The zero-order chi connectivity index (χ0) is 16.2. The lowest BCUT2D eigenvalue weighted by Crippen LogP contribution is -2.22. The molecule has 0 N–H and O–H groups in total. The summed E-state index contributed by atoms with van der Waals surface area (Å²) in [5.41, 5.74) is 1.13. The van der Waals surface area contributed by atoms with Gasteiger partial charge in [0.15, 0.2) is 0 Å². The zero-order valence-corrected chi connectivity index (χ0v) is 14.2. The largest absolute Gasteiger partial charge is 0.496 e. The molecule has 2 aromatic heterocycles. The van der Waals surface area contributed by atoms with E-state index in [1.54, 1.807) is 18.4 Å². The first-order chi connectivity index (χ1) is 11.2. The number of benzene rings is 1. The van der Waals surface area contributed by atoms with Gasteiger partial charge in [0, 0.05) is 11.6 Å². The third-order valence-electron chi connectivity index (χ3n) is 3.84. The van der Waals surface area contributed by atoms with Gasteiger partial charge in [-0.1, -0.05) is 29.4 Å². The Hall–Kier alpha value is -2.18. The van der Waals surface area contributed by atoms with Crippen molar-refractivity contribution < 1.29 is 9.26 Å². The molecule has 2 heterocycles. The van der Waals surface area contributed by atoms with Crippen LogP contribution in [0.15, 0.2) is 46.3 Å². The van der Waals surface area contributed by atoms with E-state index >= 15 is 0 Å². The lowest BCUT2D eigenvalue weighted by atomic mass is 10.1. The zero-order valence-electron chi connectivity index (χ0n) is 13.4. The van der Waals surface area contributed by atoms with E-state index in [-0.39, 0.29) is 6.04 Å². The second-order valence-electron chi connectivity index (χ2n) is 5.32. The molecular weight excluding hydrogens is 310 g/mol. The number of hydrogen-bond acceptors (Lipinski definition) is 6. The molecule has 3 rings (SSSR count). The highest BCUT2D eigenvalue weighted by Gasteiger charge is 2.18. The predicted octanol–water partition coefficient (Wildman–Crippen LogP) is 4.00. The molecule has 1 atom stereocenters. The van der Waals surface area contributed by atoms with E-state index in [9.17, 15) is 0 Å². The molecule has 3 aromatic rings. The molecule has 1 aromatic carbocycles. The molecule has 0 bridgehead atoms. The van der Waals surface area contributed by atoms with Gasteiger partial charge >= 0.3 is 0 Å². The summed E-state index contributed by atoms with van der Waals surface area (Å²) >= 11 is 1.60. The smallest absolute Gasteiger partial charge is 0.241 e. The fourth-order valence-electron chi connectivity index (χ4n) is 2.42. The summed E-state index contributed by atoms with van der Waals surface area (Å²) in [5.74, 6) is 2.14. The highest BCUT2D eigenvalue weighted by Crippen LogP contribution is 2.29. The van der Waals surface area contributed by atoms with Crippen LogP contribution in [0, 0.1) is 0 Å². The molecule has 0 aliphatic carbocycles. The summed E-state index contributed by atoms with van der Waals surface area (Å²) in [6, 6.07) is 12.2. The maximum absolute atomic E-state index is 5.44. The predicted molar refractivity (Wildman–Crippen MR) is 90.5 cm³/mol. The standard InChI is InChI=1S/C17H19N3O2S/c1-12(13-7-4-5-8-14(13)21-3)20(2)11-16-18-17(19-22-16)15-9-6-10-23-15/h4-10,12H,11H2,1-3H3. The van der Waals surface area contributed by atoms with Crippen molar-refractivity contribution in [3.05, 3.63) is 53.2 Å². The topological polar surface area (TPSA) is 51.4 Å². The fourth-order valence-corrected chi connectivity index (χ4v) is 3.07. The van der Waals surface area contributed by atoms with Crippen molar-refractivity contribution in [3.8, 4) is 16.5 Å². The van der Waals surface area contributed by atoms with Crippen LogP contribution in [0.2, 0.25) is 0 Å². The molecule has 0 amide bonds. The minimum atomic E-state index is 0.170. The molecule has 1 unspecified atom stereocenters. The number of aromatic nitrogens is 2. The molecule has 0 saturated carbocycles. The molecular formula is C17H19N3O2S. The number of hydrogen-bond donors (Lipinski definition) is 0. The molecule has 0 saturated heterocycles.